The summed E-state index contributed by atoms with van der Waals surface area (Å²) in [6, 6.07) is 82.2. The summed E-state index contributed by atoms with van der Waals surface area (Å²) >= 11 is 0. The molecule has 0 aliphatic rings. The second-order valence-corrected chi connectivity index (χ2v) is 15.8. The van der Waals surface area contributed by atoms with E-state index >= 15 is 0 Å². The third-order valence-corrected chi connectivity index (χ3v) is 12.1. The van der Waals surface area contributed by atoms with Gasteiger partial charge in [0, 0.05) is 38.7 Å². The highest BCUT2D eigenvalue weighted by Gasteiger charge is 2.22. The van der Waals surface area contributed by atoms with Crippen molar-refractivity contribution in [1.29, 1.82) is 0 Å². The zero-order valence-corrected chi connectivity index (χ0v) is 33.7. The third-order valence-electron chi connectivity index (χ3n) is 12.1. The number of aromatic nitrogens is 4. The molecule has 3 aromatic heterocycles. The van der Waals surface area contributed by atoms with Gasteiger partial charge < -0.3 is 9.13 Å². The normalized spacial score (nSPS) is 11.5. The minimum Gasteiger partial charge on any atom is -0.309 e. The van der Waals surface area contributed by atoms with E-state index in [2.05, 4.69) is 221 Å². The predicted octanol–water partition coefficient (Wildman–Crippen LogP) is 15.0. The number of hydrogen-bond donors (Lipinski definition) is 0. The van der Waals surface area contributed by atoms with Crippen LogP contribution in [-0.4, -0.2) is 19.1 Å². The average Bonchev–Trinajstić information content (AvgIpc) is 3.88. The maximum absolute atomic E-state index is 5.41. The highest BCUT2D eigenvalue weighted by atomic mass is 15.0. The van der Waals surface area contributed by atoms with Gasteiger partial charge in [-0.3, -0.25) is 0 Å². The molecule has 0 aliphatic carbocycles. The van der Waals surface area contributed by atoms with E-state index in [1.165, 1.54) is 38.5 Å². The molecule has 12 aromatic rings. The molecule has 0 saturated heterocycles. The molecule has 0 fully saturated rings. The van der Waals surface area contributed by atoms with E-state index in [9.17, 15) is 0 Å². The van der Waals surface area contributed by atoms with E-state index in [0.717, 1.165) is 66.8 Å². The molecule has 3 heterocycles. The van der Waals surface area contributed by atoms with Crippen LogP contribution in [0.1, 0.15) is 0 Å². The molecule has 0 N–H and O–H groups in total. The Morgan fingerprint density at radius 3 is 1.55 bits per heavy atom. The smallest absolute Gasteiger partial charge is 0.160 e. The van der Waals surface area contributed by atoms with Crippen molar-refractivity contribution in [3.05, 3.63) is 231 Å². The molecule has 12 rings (SSSR count). The highest BCUT2D eigenvalue weighted by molar-refractivity contribution is 6.17. The topological polar surface area (TPSA) is 35.6 Å². The lowest BCUT2D eigenvalue weighted by Gasteiger charge is -2.13. The molecule has 62 heavy (non-hydrogen) atoms. The van der Waals surface area contributed by atoms with Crippen LogP contribution in [0.5, 0.6) is 0 Å². The molecule has 0 atom stereocenters. The van der Waals surface area contributed by atoms with Gasteiger partial charge in [-0.05, 0) is 94.0 Å². The number of para-hydroxylation sites is 3. The first-order valence-corrected chi connectivity index (χ1v) is 21.1. The molecule has 0 spiro atoms. The van der Waals surface area contributed by atoms with Crippen LogP contribution in [0, 0.1) is 0 Å². The van der Waals surface area contributed by atoms with Crippen molar-refractivity contribution in [2.45, 2.75) is 0 Å². The first-order chi connectivity index (χ1) is 30.8. The van der Waals surface area contributed by atoms with Gasteiger partial charge in [-0.15, -0.1) is 0 Å². The molecule has 0 unspecified atom stereocenters. The Labute approximate surface area is 359 Å². The minimum atomic E-state index is 0.703. The van der Waals surface area contributed by atoms with E-state index in [-0.39, 0.29) is 0 Å². The summed E-state index contributed by atoms with van der Waals surface area (Å²) in [6.07, 6.45) is 0. The summed E-state index contributed by atoms with van der Waals surface area (Å²) in [6.45, 7) is 0. The van der Waals surface area contributed by atoms with Crippen LogP contribution in [0.3, 0.4) is 0 Å². The summed E-state index contributed by atoms with van der Waals surface area (Å²) in [5.41, 5.74) is 17.5. The van der Waals surface area contributed by atoms with Crippen LogP contribution in [-0.2, 0) is 0 Å². The summed E-state index contributed by atoms with van der Waals surface area (Å²) in [5.74, 6) is 0.703. The maximum Gasteiger partial charge on any atom is 0.160 e. The van der Waals surface area contributed by atoms with E-state index in [1.54, 1.807) is 0 Å². The Balaban J connectivity index is 1.05. The largest absolute Gasteiger partial charge is 0.309 e. The summed E-state index contributed by atoms with van der Waals surface area (Å²) < 4.78 is 4.72. The summed E-state index contributed by atoms with van der Waals surface area (Å²) in [5, 5.41) is 3.55. The standard InChI is InChI=1S/C58H38N4/c1-5-18-39(19-6-1)43-34-35-52-50(38-43)54-48(31-17-33-53(54)61(52)46-26-9-3-10-27-46)44-24-15-22-41(36-44)42-23-16-25-45(37-42)55-57-56(60-58(59-55)40-20-7-2-8-21-40)49-30-13-14-32-51(49)62(57)47-28-11-4-12-29-47/h1-38H. The molecular formula is C58H38N4. The number of fused-ring (bicyclic) bond motifs is 6. The van der Waals surface area contributed by atoms with Crippen LogP contribution in [0.15, 0.2) is 231 Å². The van der Waals surface area contributed by atoms with Gasteiger partial charge in [0.05, 0.1) is 27.8 Å². The molecule has 4 nitrogen and oxygen atoms in total. The quantitative estimate of drug-likeness (QED) is 0.161. The zero-order chi connectivity index (χ0) is 41.0. The Kier molecular flexibility index (Phi) is 8.46. The molecule has 9 aromatic carbocycles. The average molecular weight is 791 g/mol. The zero-order valence-electron chi connectivity index (χ0n) is 33.7. The molecule has 0 saturated carbocycles. The molecular weight excluding hydrogens is 753 g/mol. The first kappa shape index (κ1) is 35.6. The van der Waals surface area contributed by atoms with E-state index in [4.69, 9.17) is 9.97 Å². The highest BCUT2D eigenvalue weighted by Crippen LogP contribution is 2.42. The van der Waals surface area contributed by atoms with Crippen molar-refractivity contribution >= 4 is 43.7 Å². The molecule has 290 valence electrons. The summed E-state index contributed by atoms with van der Waals surface area (Å²) in [4.78, 5) is 10.7. The second kappa shape index (κ2) is 14.7. The monoisotopic (exact) mass is 790 g/mol. The molecule has 4 heteroatoms. The van der Waals surface area contributed by atoms with Gasteiger partial charge in [-0.1, -0.05) is 170 Å². The predicted molar refractivity (Wildman–Crippen MR) is 258 cm³/mol. The fraction of sp³-hybridized carbons (Fsp3) is 0. The van der Waals surface area contributed by atoms with E-state index in [0.29, 0.717) is 5.82 Å². The van der Waals surface area contributed by atoms with E-state index < -0.39 is 0 Å². The van der Waals surface area contributed by atoms with Crippen LogP contribution in [0.4, 0.5) is 0 Å². The van der Waals surface area contributed by atoms with Crippen molar-refractivity contribution < 1.29 is 0 Å². The fourth-order valence-electron chi connectivity index (χ4n) is 9.30. The Hall–Kier alpha value is -8.34. The molecule has 0 bridgehead atoms. The van der Waals surface area contributed by atoms with Crippen molar-refractivity contribution in [3.8, 4) is 67.4 Å². The van der Waals surface area contributed by atoms with Gasteiger partial charge in [-0.2, -0.15) is 0 Å². The van der Waals surface area contributed by atoms with Crippen LogP contribution in [0.25, 0.3) is 111 Å². The number of hydrogen-bond acceptors (Lipinski definition) is 2. The van der Waals surface area contributed by atoms with Gasteiger partial charge in [0.2, 0.25) is 0 Å². The molecule has 0 aliphatic heterocycles. The number of nitrogens with zero attached hydrogens (tertiary/aromatic N) is 4. The third kappa shape index (κ3) is 5.92. The Morgan fingerprint density at radius 2 is 0.823 bits per heavy atom. The fourth-order valence-corrected chi connectivity index (χ4v) is 9.30. The van der Waals surface area contributed by atoms with Crippen molar-refractivity contribution in [2.24, 2.45) is 0 Å². The van der Waals surface area contributed by atoms with Crippen molar-refractivity contribution in [2.75, 3.05) is 0 Å². The SMILES string of the molecule is c1ccc(-c2ccc3c(c2)c2c(-c4cccc(-c5cccc(-c6nc(-c7ccccc7)nc7c8ccccc8n(-c8ccccc8)c67)c5)c4)cccc2n3-c2ccccc2)cc1. The van der Waals surface area contributed by atoms with Gasteiger partial charge in [0.25, 0.3) is 0 Å². The Morgan fingerprint density at radius 1 is 0.306 bits per heavy atom. The van der Waals surface area contributed by atoms with Gasteiger partial charge in [0.1, 0.15) is 5.52 Å². The van der Waals surface area contributed by atoms with Crippen molar-refractivity contribution in [3.63, 3.8) is 0 Å². The first-order valence-electron chi connectivity index (χ1n) is 21.1. The van der Waals surface area contributed by atoms with Crippen LogP contribution < -0.4 is 0 Å². The lowest BCUT2D eigenvalue weighted by molar-refractivity contribution is 1.15. The maximum atomic E-state index is 5.41. The van der Waals surface area contributed by atoms with Gasteiger partial charge >= 0.3 is 0 Å². The van der Waals surface area contributed by atoms with Crippen LogP contribution >= 0.6 is 0 Å². The van der Waals surface area contributed by atoms with Gasteiger partial charge in [-0.25, -0.2) is 9.97 Å². The van der Waals surface area contributed by atoms with Crippen molar-refractivity contribution in [1.82, 2.24) is 19.1 Å². The van der Waals surface area contributed by atoms with Crippen LogP contribution in [0.2, 0.25) is 0 Å². The second-order valence-electron chi connectivity index (χ2n) is 15.8. The minimum absolute atomic E-state index is 0.703. The molecule has 0 radical (unpaired) electrons. The number of benzene rings is 9. The molecule has 0 amide bonds. The van der Waals surface area contributed by atoms with Gasteiger partial charge in [0.15, 0.2) is 5.82 Å². The van der Waals surface area contributed by atoms with E-state index in [1.807, 2.05) is 18.2 Å². The number of rotatable bonds is 7. The lowest BCUT2D eigenvalue weighted by atomic mass is 9.94. The lowest BCUT2D eigenvalue weighted by Crippen LogP contribution is -1.99. The summed E-state index contributed by atoms with van der Waals surface area (Å²) in [7, 11) is 0. The Bertz CT molecular complexity index is 3610.